The minimum atomic E-state index is -0.501. The number of aryl methyl sites for hydroxylation is 1. The van der Waals surface area contributed by atoms with Crippen molar-refractivity contribution in [2.24, 2.45) is 0 Å². The van der Waals surface area contributed by atoms with Crippen LogP contribution in [0.3, 0.4) is 0 Å². The van der Waals surface area contributed by atoms with Gasteiger partial charge in [0.15, 0.2) is 11.5 Å². The Morgan fingerprint density at radius 3 is 2.68 bits per heavy atom. The third kappa shape index (κ3) is 4.97. The summed E-state index contributed by atoms with van der Waals surface area (Å²) < 4.78 is 25.1. The standard InChI is InChI=1S/C29H28ClN3O5/c1-4-37-29(34)18-15-32-33(17-18)13-11-25-24-16-31-12-10-21(24)20-9-8-19(30)14-23(20)27(38-25)22-6-5-7-26(35-2)28(22)36-3/h5-10,12,14-17,25,27H,4,11,13H2,1-3H3. The minimum absolute atomic E-state index is 0.309. The van der Waals surface area contributed by atoms with Crippen LogP contribution >= 0.6 is 11.6 Å². The number of aromatic nitrogens is 3. The van der Waals surface area contributed by atoms with Crippen LogP contribution in [0.4, 0.5) is 0 Å². The van der Waals surface area contributed by atoms with E-state index in [4.69, 9.17) is 30.5 Å². The van der Waals surface area contributed by atoms with Crippen molar-refractivity contribution in [3.63, 3.8) is 0 Å². The van der Waals surface area contributed by atoms with Gasteiger partial charge in [-0.25, -0.2) is 4.79 Å². The number of hydrogen-bond donors (Lipinski definition) is 0. The maximum absolute atomic E-state index is 12.1. The molecule has 0 saturated heterocycles. The zero-order chi connectivity index (χ0) is 26.6. The zero-order valence-corrected chi connectivity index (χ0v) is 22.1. The van der Waals surface area contributed by atoms with Crippen molar-refractivity contribution in [3.8, 4) is 22.6 Å². The Bertz CT molecular complexity index is 1450. The van der Waals surface area contributed by atoms with E-state index in [9.17, 15) is 4.79 Å². The number of ether oxygens (including phenoxy) is 4. The van der Waals surface area contributed by atoms with E-state index < -0.39 is 12.1 Å². The van der Waals surface area contributed by atoms with Gasteiger partial charge in [-0.15, -0.1) is 0 Å². The number of carbonyl (C=O) groups excluding carboxylic acids is 1. The first-order valence-corrected chi connectivity index (χ1v) is 12.7. The second-order valence-corrected chi connectivity index (χ2v) is 9.22. The molecule has 0 aliphatic carbocycles. The first-order valence-electron chi connectivity index (χ1n) is 12.3. The summed E-state index contributed by atoms with van der Waals surface area (Å²) in [4.78, 5) is 16.5. The summed E-state index contributed by atoms with van der Waals surface area (Å²) >= 11 is 6.50. The number of hydrogen-bond acceptors (Lipinski definition) is 7. The highest BCUT2D eigenvalue weighted by molar-refractivity contribution is 6.30. The first-order chi connectivity index (χ1) is 18.5. The molecule has 2 aromatic heterocycles. The number of esters is 1. The summed E-state index contributed by atoms with van der Waals surface area (Å²) in [6.45, 7) is 2.59. The second-order valence-electron chi connectivity index (χ2n) is 8.78. The number of fused-ring (bicyclic) bond motifs is 3. The van der Waals surface area contributed by atoms with Crippen LogP contribution in [0.15, 0.2) is 67.3 Å². The summed E-state index contributed by atoms with van der Waals surface area (Å²) in [5.74, 6) is 0.816. The third-order valence-electron chi connectivity index (χ3n) is 6.57. The molecule has 1 aliphatic rings. The van der Waals surface area contributed by atoms with Crippen LogP contribution in [0.2, 0.25) is 5.02 Å². The number of para-hydroxylation sites is 1. The average molecular weight is 534 g/mol. The molecule has 0 amide bonds. The molecular formula is C29H28ClN3O5. The lowest BCUT2D eigenvalue weighted by Gasteiger charge is -2.26. The fraction of sp³-hybridized carbons (Fsp3) is 0.276. The zero-order valence-electron chi connectivity index (χ0n) is 21.4. The van der Waals surface area contributed by atoms with Crippen LogP contribution in [-0.4, -0.2) is 41.6 Å². The normalized spacial score (nSPS) is 16.2. The molecule has 196 valence electrons. The molecule has 38 heavy (non-hydrogen) atoms. The lowest BCUT2D eigenvalue weighted by atomic mass is 9.91. The molecule has 1 aliphatic heterocycles. The lowest BCUT2D eigenvalue weighted by molar-refractivity contribution is 0.0000698. The smallest absolute Gasteiger partial charge is 0.341 e. The van der Waals surface area contributed by atoms with Crippen molar-refractivity contribution < 1.29 is 23.7 Å². The maximum Gasteiger partial charge on any atom is 0.341 e. The second kappa shape index (κ2) is 11.2. The Kier molecular flexibility index (Phi) is 7.62. The molecule has 2 aromatic carbocycles. The number of halogens is 1. The highest BCUT2D eigenvalue weighted by Crippen LogP contribution is 2.49. The van der Waals surface area contributed by atoms with Gasteiger partial charge in [0.25, 0.3) is 0 Å². The molecule has 2 unspecified atom stereocenters. The van der Waals surface area contributed by atoms with Crippen LogP contribution in [0, 0.1) is 0 Å². The van der Waals surface area contributed by atoms with Gasteiger partial charge in [0.05, 0.1) is 38.7 Å². The molecule has 0 bridgehead atoms. The number of pyridine rings is 1. The molecule has 3 heterocycles. The number of benzene rings is 2. The van der Waals surface area contributed by atoms with Gasteiger partial charge < -0.3 is 18.9 Å². The van der Waals surface area contributed by atoms with Crippen molar-refractivity contribution >= 4 is 17.6 Å². The van der Waals surface area contributed by atoms with Gasteiger partial charge in [-0.05, 0) is 54.3 Å². The van der Waals surface area contributed by atoms with Crippen LogP contribution in [0.1, 0.15) is 52.6 Å². The summed E-state index contributed by atoms with van der Waals surface area (Å²) in [5.41, 5.74) is 5.14. The fourth-order valence-electron chi connectivity index (χ4n) is 4.85. The highest BCUT2D eigenvalue weighted by atomic mass is 35.5. The summed E-state index contributed by atoms with van der Waals surface area (Å²) in [5, 5.41) is 4.96. The van der Waals surface area contributed by atoms with Crippen molar-refractivity contribution in [3.05, 3.63) is 94.5 Å². The average Bonchev–Trinajstić information content (AvgIpc) is 3.37. The van der Waals surface area contributed by atoms with Gasteiger partial charge in [-0.1, -0.05) is 29.8 Å². The monoisotopic (exact) mass is 533 g/mol. The first kappa shape index (κ1) is 25.8. The van der Waals surface area contributed by atoms with Crippen LogP contribution in [0.25, 0.3) is 11.1 Å². The molecule has 2 atom stereocenters. The SMILES string of the molecule is CCOC(=O)c1cnn(CCC2OC(c3cccc(OC)c3OC)c3cc(Cl)ccc3-c3ccncc32)c1. The molecule has 9 heteroatoms. The number of methoxy groups -OCH3 is 2. The number of rotatable bonds is 8. The van der Waals surface area contributed by atoms with E-state index >= 15 is 0 Å². The van der Waals surface area contributed by atoms with Gasteiger partial charge in [-0.3, -0.25) is 9.67 Å². The van der Waals surface area contributed by atoms with Crippen LogP contribution < -0.4 is 9.47 Å². The largest absolute Gasteiger partial charge is 0.493 e. The molecule has 0 N–H and O–H groups in total. The summed E-state index contributed by atoms with van der Waals surface area (Å²) in [7, 11) is 3.23. The lowest BCUT2D eigenvalue weighted by Crippen LogP contribution is -2.14. The molecule has 0 saturated carbocycles. The molecule has 4 aromatic rings. The molecule has 8 nitrogen and oxygen atoms in total. The number of carbonyl (C=O) groups is 1. The van der Waals surface area contributed by atoms with Crippen LogP contribution in [-0.2, 0) is 16.0 Å². The predicted octanol–water partition coefficient (Wildman–Crippen LogP) is 6.04. The summed E-state index contributed by atoms with van der Waals surface area (Å²) in [6.07, 6.45) is 6.56. The molecule has 0 fully saturated rings. The van der Waals surface area contributed by atoms with Gasteiger partial charge in [0, 0.05) is 41.3 Å². The Balaban J connectivity index is 1.56. The van der Waals surface area contributed by atoms with E-state index in [-0.39, 0.29) is 6.10 Å². The van der Waals surface area contributed by atoms with Crippen molar-refractivity contribution in [1.82, 2.24) is 14.8 Å². The predicted molar refractivity (Wildman–Crippen MR) is 143 cm³/mol. The van der Waals surface area contributed by atoms with E-state index in [2.05, 4.69) is 10.1 Å². The highest BCUT2D eigenvalue weighted by Gasteiger charge is 2.33. The Hall–Kier alpha value is -3.88. The van der Waals surface area contributed by atoms with E-state index in [0.29, 0.717) is 41.7 Å². The topological polar surface area (TPSA) is 84.7 Å². The molecule has 0 radical (unpaired) electrons. The van der Waals surface area contributed by atoms with Crippen molar-refractivity contribution in [2.45, 2.75) is 32.1 Å². The van der Waals surface area contributed by atoms with E-state index in [0.717, 1.165) is 27.8 Å². The molecule has 5 rings (SSSR count). The van der Waals surface area contributed by atoms with Crippen molar-refractivity contribution in [2.75, 3.05) is 20.8 Å². The molecular weight excluding hydrogens is 506 g/mol. The Labute approximate surface area is 226 Å². The van der Waals surface area contributed by atoms with Crippen LogP contribution in [0.5, 0.6) is 11.5 Å². The Morgan fingerprint density at radius 1 is 1.05 bits per heavy atom. The molecule has 0 spiro atoms. The van der Waals surface area contributed by atoms with Crippen molar-refractivity contribution in [1.29, 1.82) is 0 Å². The van der Waals surface area contributed by atoms with Gasteiger partial charge in [0.1, 0.15) is 6.10 Å². The maximum atomic E-state index is 12.1. The summed E-state index contributed by atoms with van der Waals surface area (Å²) in [6, 6.07) is 13.6. The Morgan fingerprint density at radius 2 is 1.89 bits per heavy atom. The number of nitrogens with zero attached hydrogens (tertiary/aromatic N) is 3. The third-order valence-corrected chi connectivity index (χ3v) is 6.80. The fourth-order valence-corrected chi connectivity index (χ4v) is 5.03. The van der Waals surface area contributed by atoms with E-state index in [1.165, 1.54) is 6.20 Å². The van der Waals surface area contributed by atoms with Gasteiger partial charge in [0.2, 0.25) is 0 Å². The van der Waals surface area contributed by atoms with Gasteiger partial charge in [-0.2, -0.15) is 5.10 Å². The van der Waals surface area contributed by atoms with E-state index in [1.54, 1.807) is 38.2 Å². The minimum Gasteiger partial charge on any atom is -0.493 e. The van der Waals surface area contributed by atoms with Gasteiger partial charge >= 0.3 is 5.97 Å². The van der Waals surface area contributed by atoms with E-state index in [1.807, 2.05) is 48.7 Å². The quantitative estimate of drug-likeness (QED) is 0.255.